The number of carbonyl (C=O) groups excluding carboxylic acids is 3. The zero-order valence-electron chi connectivity index (χ0n) is 15.3. The van der Waals surface area contributed by atoms with Crippen molar-refractivity contribution in [1.82, 2.24) is 0 Å². The predicted octanol–water partition coefficient (Wildman–Crippen LogP) is 3.63. The van der Waals surface area contributed by atoms with Crippen LogP contribution in [-0.2, 0) is 27.2 Å². The Balaban J connectivity index is 1.50. The van der Waals surface area contributed by atoms with Gasteiger partial charge >= 0.3 is 5.97 Å². The second-order valence-corrected chi connectivity index (χ2v) is 7.93. The minimum absolute atomic E-state index is 0.164. The predicted molar refractivity (Wildman–Crippen MR) is 105 cm³/mol. The SMILES string of the molecule is CC(=O)Nc1ccc(NC(=O)COC(=O)c2cc3c(s2)CC[C@H](C)C3)cc1. The molecule has 0 saturated carbocycles. The molecular weight excluding hydrogens is 364 g/mol. The van der Waals surface area contributed by atoms with Crippen LogP contribution < -0.4 is 10.6 Å². The van der Waals surface area contributed by atoms with Crippen molar-refractivity contribution in [3.63, 3.8) is 0 Å². The number of rotatable bonds is 5. The molecule has 27 heavy (non-hydrogen) atoms. The van der Waals surface area contributed by atoms with Crippen LogP contribution in [0, 0.1) is 5.92 Å². The zero-order valence-corrected chi connectivity index (χ0v) is 16.2. The van der Waals surface area contributed by atoms with Gasteiger partial charge in [-0.25, -0.2) is 4.79 Å². The number of ether oxygens (including phenoxy) is 1. The van der Waals surface area contributed by atoms with Crippen molar-refractivity contribution < 1.29 is 19.1 Å². The van der Waals surface area contributed by atoms with Gasteiger partial charge in [-0.2, -0.15) is 0 Å². The Kier molecular flexibility index (Phi) is 5.91. The lowest BCUT2D eigenvalue weighted by Crippen LogP contribution is -2.20. The van der Waals surface area contributed by atoms with Crippen LogP contribution in [0.5, 0.6) is 0 Å². The summed E-state index contributed by atoms with van der Waals surface area (Å²) in [6, 6.07) is 8.59. The molecule has 0 bridgehead atoms. The van der Waals surface area contributed by atoms with Crippen LogP contribution in [0.25, 0.3) is 0 Å². The Bertz CT molecular complexity index is 857. The molecule has 0 spiro atoms. The zero-order chi connectivity index (χ0) is 19.4. The summed E-state index contributed by atoms with van der Waals surface area (Å²) in [5.41, 5.74) is 2.43. The molecule has 1 aromatic heterocycles. The summed E-state index contributed by atoms with van der Waals surface area (Å²) < 4.78 is 5.15. The molecule has 1 aliphatic rings. The fraction of sp³-hybridized carbons (Fsp3) is 0.350. The van der Waals surface area contributed by atoms with Crippen molar-refractivity contribution >= 4 is 40.5 Å². The highest BCUT2D eigenvalue weighted by Crippen LogP contribution is 2.32. The summed E-state index contributed by atoms with van der Waals surface area (Å²) >= 11 is 1.47. The summed E-state index contributed by atoms with van der Waals surface area (Å²) in [7, 11) is 0. The molecule has 1 heterocycles. The van der Waals surface area contributed by atoms with Crippen LogP contribution in [-0.4, -0.2) is 24.4 Å². The molecule has 1 aliphatic carbocycles. The van der Waals surface area contributed by atoms with Gasteiger partial charge in [0.15, 0.2) is 6.61 Å². The van der Waals surface area contributed by atoms with Crippen molar-refractivity contribution in [2.24, 2.45) is 5.92 Å². The molecule has 0 aliphatic heterocycles. The average Bonchev–Trinajstić information content (AvgIpc) is 3.04. The van der Waals surface area contributed by atoms with Crippen molar-refractivity contribution in [3.8, 4) is 0 Å². The van der Waals surface area contributed by atoms with Gasteiger partial charge in [0.25, 0.3) is 5.91 Å². The Morgan fingerprint density at radius 3 is 2.48 bits per heavy atom. The summed E-state index contributed by atoms with van der Waals surface area (Å²) in [5.74, 6) is -0.397. The quantitative estimate of drug-likeness (QED) is 0.769. The number of esters is 1. The minimum atomic E-state index is -0.460. The number of anilines is 2. The van der Waals surface area contributed by atoms with Gasteiger partial charge in [0.2, 0.25) is 5.91 Å². The topological polar surface area (TPSA) is 84.5 Å². The molecule has 0 radical (unpaired) electrons. The summed E-state index contributed by atoms with van der Waals surface area (Å²) in [6.45, 7) is 3.30. The van der Waals surface area contributed by atoms with Gasteiger partial charge in [-0.1, -0.05) is 6.92 Å². The third-order valence-electron chi connectivity index (χ3n) is 4.35. The highest BCUT2D eigenvalue weighted by molar-refractivity contribution is 7.14. The van der Waals surface area contributed by atoms with E-state index >= 15 is 0 Å². The van der Waals surface area contributed by atoms with Crippen LogP contribution >= 0.6 is 11.3 Å². The van der Waals surface area contributed by atoms with E-state index in [9.17, 15) is 14.4 Å². The molecule has 2 aromatic rings. The number of thiophene rings is 1. The molecule has 6 nitrogen and oxygen atoms in total. The van der Waals surface area contributed by atoms with Gasteiger partial charge in [0.05, 0.1) is 0 Å². The molecule has 0 unspecified atom stereocenters. The van der Waals surface area contributed by atoms with Crippen LogP contribution in [0.1, 0.15) is 40.4 Å². The first-order valence-corrected chi connectivity index (χ1v) is 9.68. The van der Waals surface area contributed by atoms with E-state index in [-0.39, 0.29) is 12.5 Å². The van der Waals surface area contributed by atoms with Gasteiger partial charge in [-0.3, -0.25) is 9.59 Å². The van der Waals surface area contributed by atoms with E-state index in [4.69, 9.17) is 4.74 Å². The maximum atomic E-state index is 12.2. The van der Waals surface area contributed by atoms with E-state index in [2.05, 4.69) is 17.6 Å². The van der Waals surface area contributed by atoms with Gasteiger partial charge in [-0.05, 0) is 61.1 Å². The molecule has 1 atom stereocenters. The Labute approximate surface area is 161 Å². The Morgan fingerprint density at radius 2 is 1.81 bits per heavy atom. The molecule has 1 aromatic carbocycles. The number of carbonyl (C=O) groups is 3. The second-order valence-electron chi connectivity index (χ2n) is 6.79. The highest BCUT2D eigenvalue weighted by atomic mass is 32.1. The summed E-state index contributed by atoms with van der Waals surface area (Å²) in [6.07, 6.45) is 3.14. The van der Waals surface area contributed by atoms with E-state index in [0.717, 1.165) is 19.3 Å². The maximum Gasteiger partial charge on any atom is 0.348 e. The Hall–Kier alpha value is -2.67. The third kappa shape index (κ3) is 5.17. The van der Waals surface area contributed by atoms with Gasteiger partial charge in [-0.15, -0.1) is 11.3 Å². The molecule has 0 fully saturated rings. The molecule has 142 valence electrons. The molecule has 2 N–H and O–H groups in total. The normalized spacial score (nSPS) is 15.6. The van der Waals surface area contributed by atoms with Crippen molar-refractivity contribution in [2.75, 3.05) is 17.2 Å². The molecule has 2 amide bonds. The number of fused-ring (bicyclic) bond motifs is 1. The standard InChI is InChI=1S/C20H22N2O4S/c1-12-3-8-17-14(9-12)10-18(27-17)20(25)26-11-19(24)22-16-6-4-15(5-7-16)21-13(2)23/h4-7,10,12H,3,8-9,11H2,1-2H3,(H,21,23)(H,22,24)/t12-/m0/s1. The lowest BCUT2D eigenvalue weighted by atomic mass is 9.90. The smallest absolute Gasteiger partial charge is 0.348 e. The van der Waals surface area contributed by atoms with Gasteiger partial charge in [0.1, 0.15) is 4.88 Å². The second kappa shape index (κ2) is 8.35. The molecule has 3 rings (SSSR count). The number of amides is 2. The highest BCUT2D eigenvalue weighted by Gasteiger charge is 2.21. The molecule has 0 saturated heterocycles. The van der Waals surface area contributed by atoms with E-state index < -0.39 is 11.9 Å². The summed E-state index contributed by atoms with van der Waals surface area (Å²) in [5, 5.41) is 5.31. The largest absolute Gasteiger partial charge is 0.451 e. The fourth-order valence-electron chi connectivity index (χ4n) is 3.05. The van der Waals surface area contributed by atoms with E-state index in [1.165, 1.54) is 28.7 Å². The number of benzene rings is 1. The van der Waals surface area contributed by atoms with Crippen molar-refractivity contribution in [3.05, 3.63) is 45.6 Å². The minimum Gasteiger partial charge on any atom is -0.451 e. The van der Waals surface area contributed by atoms with E-state index in [0.29, 0.717) is 22.2 Å². The molecule has 7 heteroatoms. The van der Waals surface area contributed by atoms with Crippen LogP contribution in [0.3, 0.4) is 0 Å². The number of hydrogen-bond acceptors (Lipinski definition) is 5. The van der Waals surface area contributed by atoms with Crippen molar-refractivity contribution in [2.45, 2.75) is 33.1 Å². The van der Waals surface area contributed by atoms with E-state index in [1.807, 2.05) is 6.07 Å². The van der Waals surface area contributed by atoms with Crippen molar-refractivity contribution in [1.29, 1.82) is 0 Å². The van der Waals surface area contributed by atoms with Gasteiger partial charge < -0.3 is 15.4 Å². The molecular formula is C20H22N2O4S. The fourth-order valence-corrected chi connectivity index (χ4v) is 4.15. The average molecular weight is 386 g/mol. The lowest BCUT2D eigenvalue weighted by molar-refractivity contribution is -0.119. The van der Waals surface area contributed by atoms with Crippen LogP contribution in [0.2, 0.25) is 0 Å². The maximum absolute atomic E-state index is 12.2. The monoisotopic (exact) mass is 386 g/mol. The first kappa shape index (κ1) is 19.1. The lowest BCUT2D eigenvalue weighted by Gasteiger charge is -2.16. The summed E-state index contributed by atoms with van der Waals surface area (Å²) in [4.78, 5) is 37.0. The first-order valence-electron chi connectivity index (χ1n) is 8.87. The van der Waals surface area contributed by atoms with Crippen LogP contribution in [0.4, 0.5) is 11.4 Å². The number of aryl methyl sites for hydroxylation is 1. The van der Waals surface area contributed by atoms with Crippen LogP contribution in [0.15, 0.2) is 30.3 Å². The van der Waals surface area contributed by atoms with E-state index in [1.54, 1.807) is 24.3 Å². The number of hydrogen-bond donors (Lipinski definition) is 2. The third-order valence-corrected chi connectivity index (χ3v) is 5.57. The number of nitrogens with one attached hydrogen (secondary N) is 2. The van der Waals surface area contributed by atoms with Gasteiger partial charge in [0, 0.05) is 23.2 Å². The first-order chi connectivity index (χ1) is 12.9. The Morgan fingerprint density at radius 1 is 1.15 bits per heavy atom.